The standard InChI is InChI=1S/C26H35N5O2/c1-3-27-26(30-16-14-29(15-17-30)23-6-4-7-24(18-23)33-2)28-19-21-9-11-22(12-10-21)20-31-13-5-8-25(31)32/h4,6-7,9-12,18H,3,5,8,13-17,19-20H2,1-2H3,(H,27,28). The number of piperazine rings is 1. The SMILES string of the molecule is CCNC(=NCc1ccc(CN2CCCC2=O)cc1)N1CCN(c2cccc(OC)c2)CC1. The van der Waals surface area contributed by atoms with Crippen molar-refractivity contribution in [3.05, 3.63) is 59.7 Å². The van der Waals surface area contributed by atoms with E-state index in [1.165, 1.54) is 16.8 Å². The number of guanidine groups is 1. The number of nitrogens with zero attached hydrogens (tertiary/aromatic N) is 4. The van der Waals surface area contributed by atoms with E-state index in [0.717, 1.165) is 57.4 Å². The molecule has 0 spiro atoms. The summed E-state index contributed by atoms with van der Waals surface area (Å²) in [5, 5.41) is 3.45. The molecule has 2 saturated heterocycles. The molecule has 0 unspecified atom stereocenters. The minimum absolute atomic E-state index is 0.269. The molecule has 2 aliphatic rings. The molecule has 4 rings (SSSR count). The molecule has 2 heterocycles. The number of nitrogens with one attached hydrogen (secondary N) is 1. The molecule has 1 amide bonds. The van der Waals surface area contributed by atoms with E-state index in [-0.39, 0.29) is 5.91 Å². The van der Waals surface area contributed by atoms with E-state index in [1.54, 1.807) is 7.11 Å². The summed E-state index contributed by atoms with van der Waals surface area (Å²) in [4.78, 5) is 23.4. The van der Waals surface area contributed by atoms with Gasteiger partial charge in [-0.05, 0) is 36.6 Å². The van der Waals surface area contributed by atoms with Crippen LogP contribution in [0.2, 0.25) is 0 Å². The Labute approximate surface area is 197 Å². The molecule has 2 aliphatic heterocycles. The molecule has 0 radical (unpaired) electrons. The van der Waals surface area contributed by atoms with Crippen LogP contribution in [-0.4, -0.2) is 68.0 Å². The molecular formula is C26H35N5O2. The third-order valence-electron chi connectivity index (χ3n) is 6.31. The lowest BCUT2D eigenvalue weighted by Gasteiger charge is -2.37. The average molecular weight is 450 g/mol. The number of rotatable bonds is 7. The van der Waals surface area contributed by atoms with Gasteiger partial charge in [-0.3, -0.25) is 4.79 Å². The van der Waals surface area contributed by atoms with E-state index in [1.807, 2.05) is 17.0 Å². The maximum atomic E-state index is 11.9. The first-order valence-corrected chi connectivity index (χ1v) is 11.9. The van der Waals surface area contributed by atoms with Crippen LogP contribution in [-0.2, 0) is 17.9 Å². The second kappa shape index (κ2) is 11.1. The molecule has 0 aliphatic carbocycles. The molecule has 7 heteroatoms. The highest BCUT2D eigenvalue weighted by Crippen LogP contribution is 2.22. The van der Waals surface area contributed by atoms with E-state index >= 15 is 0 Å². The van der Waals surface area contributed by atoms with Gasteiger partial charge in [0.15, 0.2) is 5.96 Å². The molecule has 0 saturated carbocycles. The maximum Gasteiger partial charge on any atom is 0.222 e. The zero-order valence-corrected chi connectivity index (χ0v) is 19.8. The number of ether oxygens (including phenoxy) is 1. The highest BCUT2D eigenvalue weighted by molar-refractivity contribution is 5.80. The van der Waals surface area contributed by atoms with Gasteiger partial charge in [-0.25, -0.2) is 4.99 Å². The Hall–Kier alpha value is -3.22. The van der Waals surface area contributed by atoms with Crippen LogP contribution >= 0.6 is 0 Å². The largest absolute Gasteiger partial charge is 0.497 e. The van der Waals surface area contributed by atoms with E-state index in [4.69, 9.17) is 9.73 Å². The summed E-state index contributed by atoms with van der Waals surface area (Å²) in [6, 6.07) is 16.8. The number of aliphatic imine (C=N–C) groups is 1. The van der Waals surface area contributed by atoms with Crippen molar-refractivity contribution in [1.29, 1.82) is 0 Å². The summed E-state index contributed by atoms with van der Waals surface area (Å²) in [5.74, 6) is 2.13. The zero-order chi connectivity index (χ0) is 23.0. The fourth-order valence-electron chi connectivity index (χ4n) is 4.42. The Morgan fingerprint density at radius 1 is 1.03 bits per heavy atom. The van der Waals surface area contributed by atoms with Gasteiger partial charge in [-0.2, -0.15) is 0 Å². The molecule has 7 nitrogen and oxygen atoms in total. The van der Waals surface area contributed by atoms with Gasteiger partial charge in [0.1, 0.15) is 5.75 Å². The van der Waals surface area contributed by atoms with Crippen LogP contribution in [0.4, 0.5) is 5.69 Å². The number of anilines is 1. The van der Waals surface area contributed by atoms with E-state index in [2.05, 4.69) is 58.4 Å². The summed E-state index contributed by atoms with van der Waals surface area (Å²) in [6.07, 6.45) is 1.67. The van der Waals surface area contributed by atoms with Gasteiger partial charge in [0.2, 0.25) is 5.91 Å². The molecule has 176 valence electrons. The smallest absolute Gasteiger partial charge is 0.222 e. The molecule has 2 fully saturated rings. The van der Waals surface area contributed by atoms with Crippen molar-refractivity contribution < 1.29 is 9.53 Å². The second-order valence-corrected chi connectivity index (χ2v) is 8.58. The molecule has 2 aromatic carbocycles. The van der Waals surface area contributed by atoms with E-state index in [9.17, 15) is 4.79 Å². The number of amides is 1. The van der Waals surface area contributed by atoms with E-state index in [0.29, 0.717) is 19.5 Å². The summed E-state index contributed by atoms with van der Waals surface area (Å²) in [6.45, 7) is 8.92. The number of likely N-dealkylation sites (tertiary alicyclic amines) is 1. The second-order valence-electron chi connectivity index (χ2n) is 8.58. The van der Waals surface area contributed by atoms with Crippen LogP contribution < -0.4 is 15.0 Å². The van der Waals surface area contributed by atoms with Crippen LogP contribution in [0.15, 0.2) is 53.5 Å². The number of benzene rings is 2. The van der Waals surface area contributed by atoms with Gasteiger partial charge in [0.25, 0.3) is 0 Å². The van der Waals surface area contributed by atoms with Crippen molar-refractivity contribution in [1.82, 2.24) is 15.1 Å². The first-order valence-electron chi connectivity index (χ1n) is 11.9. The third kappa shape index (κ3) is 5.97. The number of carbonyl (C=O) groups is 1. The zero-order valence-electron chi connectivity index (χ0n) is 19.8. The fourth-order valence-corrected chi connectivity index (χ4v) is 4.42. The van der Waals surface area contributed by atoms with Crippen molar-refractivity contribution in [3.63, 3.8) is 0 Å². The van der Waals surface area contributed by atoms with Gasteiger partial charge in [0.05, 0.1) is 13.7 Å². The number of hydrogen-bond acceptors (Lipinski definition) is 4. The Morgan fingerprint density at radius 3 is 2.45 bits per heavy atom. The van der Waals surface area contributed by atoms with Gasteiger partial charge >= 0.3 is 0 Å². The summed E-state index contributed by atoms with van der Waals surface area (Å²) >= 11 is 0. The highest BCUT2D eigenvalue weighted by atomic mass is 16.5. The molecule has 0 bridgehead atoms. The fraction of sp³-hybridized carbons (Fsp3) is 0.462. The van der Waals surface area contributed by atoms with Crippen molar-refractivity contribution in [2.24, 2.45) is 4.99 Å². The van der Waals surface area contributed by atoms with Gasteiger partial charge < -0.3 is 24.8 Å². The van der Waals surface area contributed by atoms with Crippen molar-refractivity contribution in [3.8, 4) is 5.75 Å². The third-order valence-corrected chi connectivity index (χ3v) is 6.31. The van der Waals surface area contributed by atoms with E-state index < -0.39 is 0 Å². The minimum atomic E-state index is 0.269. The van der Waals surface area contributed by atoms with Crippen molar-refractivity contribution in [2.75, 3.05) is 51.3 Å². The molecule has 33 heavy (non-hydrogen) atoms. The molecule has 2 aromatic rings. The van der Waals surface area contributed by atoms with Crippen LogP contribution in [0.25, 0.3) is 0 Å². The monoisotopic (exact) mass is 449 g/mol. The molecule has 1 N–H and O–H groups in total. The Kier molecular flexibility index (Phi) is 7.70. The number of methoxy groups -OCH3 is 1. The van der Waals surface area contributed by atoms with Crippen LogP contribution in [0, 0.1) is 0 Å². The van der Waals surface area contributed by atoms with Crippen LogP contribution in [0.1, 0.15) is 30.9 Å². The first kappa shape index (κ1) is 23.0. The lowest BCUT2D eigenvalue weighted by atomic mass is 10.1. The normalized spacial score (nSPS) is 17.0. The predicted molar refractivity (Wildman–Crippen MR) is 133 cm³/mol. The Balaban J connectivity index is 1.33. The highest BCUT2D eigenvalue weighted by Gasteiger charge is 2.21. The van der Waals surface area contributed by atoms with Crippen LogP contribution in [0.5, 0.6) is 5.75 Å². The summed E-state index contributed by atoms with van der Waals surface area (Å²) in [7, 11) is 1.71. The predicted octanol–water partition coefficient (Wildman–Crippen LogP) is 3.11. The molecule has 0 aromatic heterocycles. The summed E-state index contributed by atoms with van der Waals surface area (Å²) < 4.78 is 5.37. The van der Waals surface area contributed by atoms with Crippen LogP contribution in [0.3, 0.4) is 0 Å². The Morgan fingerprint density at radius 2 is 1.79 bits per heavy atom. The lowest BCUT2D eigenvalue weighted by Crippen LogP contribution is -2.52. The summed E-state index contributed by atoms with van der Waals surface area (Å²) in [5.41, 5.74) is 3.56. The quantitative estimate of drug-likeness (QED) is 0.520. The first-order chi connectivity index (χ1) is 16.2. The lowest BCUT2D eigenvalue weighted by molar-refractivity contribution is -0.128. The minimum Gasteiger partial charge on any atom is -0.497 e. The van der Waals surface area contributed by atoms with Gasteiger partial charge in [-0.1, -0.05) is 30.3 Å². The average Bonchev–Trinajstić information content (AvgIpc) is 3.27. The van der Waals surface area contributed by atoms with Gasteiger partial charge in [0, 0.05) is 64.0 Å². The van der Waals surface area contributed by atoms with Crippen molar-refractivity contribution >= 4 is 17.6 Å². The van der Waals surface area contributed by atoms with Crippen molar-refractivity contribution in [2.45, 2.75) is 32.9 Å². The Bertz CT molecular complexity index is 951. The topological polar surface area (TPSA) is 60.4 Å². The molecule has 0 atom stereocenters. The number of hydrogen-bond donors (Lipinski definition) is 1. The maximum absolute atomic E-state index is 11.9. The molecular weight excluding hydrogens is 414 g/mol. The van der Waals surface area contributed by atoms with Gasteiger partial charge in [-0.15, -0.1) is 0 Å². The number of carbonyl (C=O) groups excluding carboxylic acids is 1.